The molecule has 8 heteroatoms. The van der Waals surface area contributed by atoms with Gasteiger partial charge in [-0.3, -0.25) is 19.7 Å². The molecule has 2 N–H and O–H groups in total. The van der Waals surface area contributed by atoms with Crippen LogP contribution in [0.4, 0.5) is 5.69 Å². The van der Waals surface area contributed by atoms with E-state index >= 15 is 0 Å². The summed E-state index contributed by atoms with van der Waals surface area (Å²) < 4.78 is 0. The van der Waals surface area contributed by atoms with Gasteiger partial charge in [-0.2, -0.15) is 0 Å². The quantitative estimate of drug-likeness (QED) is 0.655. The predicted molar refractivity (Wildman–Crippen MR) is 80.6 cm³/mol. The highest BCUT2D eigenvalue weighted by Crippen LogP contribution is 2.25. The minimum atomic E-state index is -0.691. The molecule has 0 aliphatic heterocycles. The highest BCUT2D eigenvalue weighted by Gasteiger charge is 2.21. The van der Waals surface area contributed by atoms with Gasteiger partial charge in [0.2, 0.25) is 5.91 Å². The Morgan fingerprint density at radius 1 is 1.36 bits per heavy atom. The highest BCUT2D eigenvalue weighted by atomic mass is 16.6. The van der Waals surface area contributed by atoms with Gasteiger partial charge in [0.05, 0.1) is 4.92 Å². The molecule has 22 heavy (non-hydrogen) atoms. The molecule has 1 aromatic carbocycles. The summed E-state index contributed by atoms with van der Waals surface area (Å²) in [6.07, 6.45) is 0. The van der Waals surface area contributed by atoms with Crippen molar-refractivity contribution in [1.82, 2.24) is 15.2 Å². The molecule has 1 aromatic heterocycles. The second kappa shape index (κ2) is 5.84. The number of aromatic amines is 1. The molecule has 1 unspecified atom stereocenters. The van der Waals surface area contributed by atoms with E-state index in [0.717, 1.165) is 0 Å². The van der Waals surface area contributed by atoms with Gasteiger partial charge in [-0.15, -0.1) is 0 Å². The van der Waals surface area contributed by atoms with Gasteiger partial charge in [-0.25, -0.2) is 0 Å². The molecule has 2 rings (SSSR count). The smallest absolute Gasteiger partial charge is 0.293 e. The maximum Gasteiger partial charge on any atom is 0.293 e. The second-order valence-electron chi connectivity index (χ2n) is 5.11. The zero-order chi connectivity index (χ0) is 16.4. The summed E-state index contributed by atoms with van der Waals surface area (Å²) in [6, 6.07) is 5.41. The van der Waals surface area contributed by atoms with Crippen molar-refractivity contribution in [3.8, 4) is 0 Å². The Bertz CT molecular complexity index is 750. The normalized spacial score (nSPS) is 12.0. The van der Waals surface area contributed by atoms with Crippen molar-refractivity contribution >= 4 is 28.4 Å². The number of rotatable bonds is 4. The third kappa shape index (κ3) is 2.90. The average Bonchev–Trinajstić information content (AvgIpc) is 2.89. The number of aromatic nitrogens is 1. The lowest BCUT2D eigenvalue weighted by atomic mass is 10.2. The number of hydrogen-bond acceptors (Lipinski definition) is 4. The monoisotopic (exact) mass is 304 g/mol. The Balaban J connectivity index is 2.28. The van der Waals surface area contributed by atoms with E-state index < -0.39 is 16.9 Å². The lowest BCUT2D eigenvalue weighted by Crippen LogP contribution is -2.44. The number of para-hydroxylation sites is 1. The van der Waals surface area contributed by atoms with E-state index in [1.54, 1.807) is 33.2 Å². The van der Waals surface area contributed by atoms with Crippen LogP contribution in [0.3, 0.4) is 0 Å². The van der Waals surface area contributed by atoms with E-state index in [2.05, 4.69) is 10.3 Å². The van der Waals surface area contributed by atoms with E-state index in [1.165, 1.54) is 17.0 Å². The van der Waals surface area contributed by atoms with Crippen LogP contribution >= 0.6 is 0 Å². The van der Waals surface area contributed by atoms with Crippen molar-refractivity contribution in [1.29, 1.82) is 0 Å². The Labute approximate surface area is 126 Å². The first-order chi connectivity index (χ1) is 10.3. The average molecular weight is 304 g/mol. The number of non-ortho nitro benzene ring substituents is 1. The zero-order valence-electron chi connectivity index (χ0n) is 12.4. The molecular formula is C14H16N4O4. The Kier molecular flexibility index (Phi) is 4.11. The molecule has 2 amide bonds. The van der Waals surface area contributed by atoms with E-state index in [4.69, 9.17) is 0 Å². The lowest BCUT2D eigenvalue weighted by Gasteiger charge is -2.17. The number of nitro benzene ring substituents is 1. The molecule has 0 aliphatic rings. The summed E-state index contributed by atoms with van der Waals surface area (Å²) in [7, 11) is 3.19. The van der Waals surface area contributed by atoms with Crippen LogP contribution in [0.15, 0.2) is 24.3 Å². The second-order valence-corrected chi connectivity index (χ2v) is 5.11. The van der Waals surface area contributed by atoms with Crippen LogP contribution in [-0.4, -0.2) is 46.8 Å². The van der Waals surface area contributed by atoms with Crippen LogP contribution in [0, 0.1) is 10.1 Å². The number of H-pyrrole nitrogens is 1. The largest absolute Gasteiger partial charge is 0.347 e. The van der Waals surface area contributed by atoms with Crippen LogP contribution < -0.4 is 5.32 Å². The lowest BCUT2D eigenvalue weighted by molar-refractivity contribution is -0.383. The third-order valence-electron chi connectivity index (χ3n) is 3.23. The summed E-state index contributed by atoms with van der Waals surface area (Å²) in [5.41, 5.74) is 0.348. The summed E-state index contributed by atoms with van der Waals surface area (Å²) in [5, 5.41) is 14.1. The molecule has 0 fully saturated rings. The summed E-state index contributed by atoms with van der Waals surface area (Å²) in [5.74, 6) is -0.733. The van der Waals surface area contributed by atoms with Gasteiger partial charge in [-0.1, -0.05) is 12.1 Å². The fourth-order valence-electron chi connectivity index (χ4n) is 2.14. The number of nitro groups is 1. The van der Waals surface area contributed by atoms with E-state index in [9.17, 15) is 19.7 Å². The Hall–Kier alpha value is -2.90. The highest BCUT2D eigenvalue weighted by molar-refractivity contribution is 6.01. The molecular weight excluding hydrogens is 288 g/mol. The van der Waals surface area contributed by atoms with Gasteiger partial charge >= 0.3 is 0 Å². The minimum Gasteiger partial charge on any atom is -0.347 e. The minimum absolute atomic E-state index is 0.103. The maximum atomic E-state index is 12.1. The molecule has 2 aromatic rings. The number of carbonyl (C=O) groups excluding carboxylic acids is 2. The van der Waals surface area contributed by atoms with Crippen LogP contribution in [-0.2, 0) is 4.79 Å². The number of carbonyl (C=O) groups is 2. The molecule has 0 spiro atoms. The van der Waals surface area contributed by atoms with Crippen molar-refractivity contribution in [3.05, 3.63) is 40.1 Å². The number of hydrogen-bond donors (Lipinski definition) is 2. The summed E-state index contributed by atoms with van der Waals surface area (Å²) >= 11 is 0. The number of nitrogens with one attached hydrogen (secondary N) is 2. The SMILES string of the molecule is CC(NC(=O)c1cc2cccc([N+](=O)[O-])c2[nH]1)C(=O)N(C)C. The zero-order valence-corrected chi connectivity index (χ0v) is 12.4. The van der Waals surface area contributed by atoms with Crippen molar-refractivity contribution < 1.29 is 14.5 Å². The first kappa shape index (κ1) is 15.5. The first-order valence-corrected chi connectivity index (χ1v) is 6.59. The van der Waals surface area contributed by atoms with Crippen molar-refractivity contribution in [3.63, 3.8) is 0 Å². The van der Waals surface area contributed by atoms with Gasteiger partial charge in [-0.05, 0) is 13.0 Å². The third-order valence-corrected chi connectivity index (χ3v) is 3.23. The van der Waals surface area contributed by atoms with Crippen LogP contribution in [0.1, 0.15) is 17.4 Å². The molecule has 0 saturated heterocycles. The number of likely N-dealkylation sites (N-methyl/N-ethyl adjacent to an activating group) is 1. The fraction of sp³-hybridized carbons (Fsp3) is 0.286. The fourth-order valence-corrected chi connectivity index (χ4v) is 2.14. The number of nitrogens with zero attached hydrogens (tertiary/aromatic N) is 2. The van der Waals surface area contributed by atoms with Gasteiger partial charge in [0.25, 0.3) is 11.6 Å². The molecule has 0 radical (unpaired) electrons. The standard InChI is InChI=1S/C14H16N4O4/c1-8(14(20)17(2)3)15-13(19)10-7-9-5-4-6-11(18(21)22)12(9)16-10/h4-8,16H,1-3H3,(H,15,19). The molecule has 0 bridgehead atoms. The van der Waals surface area contributed by atoms with Gasteiger partial charge in [0.15, 0.2) is 0 Å². The number of benzene rings is 1. The summed E-state index contributed by atoms with van der Waals surface area (Å²) in [4.78, 5) is 38.5. The molecule has 8 nitrogen and oxygen atoms in total. The van der Waals surface area contributed by atoms with Gasteiger partial charge in [0, 0.05) is 25.5 Å². The maximum absolute atomic E-state index is 12.1. The molecule has 1 heterocycles. The van der Waals surface area contributed by atoms with Crippen LogP contribution in [0.5, 0.6) is 0 Å². The van der Waals surface area contributed by atoms with Crippen LogP contribution in [0.2, 0.25) is 0 Å². The van der Waals surface area contributed by atoms with E-state index in [0.29, 0.717) is 5.39 Å². The molecule has 0 saturated carbocycles. The first-order valence-electron chi connectivity index (χ1n) is 6.59. The number of fused-ring (bicyclic) bond motifs is 1. The van der Waals surface area contributed by atoms with E-state index in [-0.39, 0.29) is 22.8 Å². The van der Waals surface area contributed by atoms with Crippen molar-refractivity contribution in [2.75, 3.05) is 14.1 Å². The topological polar surface area (TPSA) is 108 Å². The van der Waals surface area contributed by atoms with Gasteiger partial charge < -0.3 is 15.2 Å². The number of amides is 2. The summed E-state index contributed by atoms with van der Waals surface area (Å²) in [6.45, 7) is 1.57. The van der Waals surface area contributed by atoms with Crippen LogP contribution in [0.25, 0.3) is 10.9 Å². The van der Waals surface area contributed by atoms with E-state index in [1.807, 2.05) is 0 Å². The molecule has 116 valence electrons. The Morgan fingerprint density at radius 3 is 2.64 bits per heavy atom. The molecule has 1 atom stereocenters. The van der Waals surface area contributed by atoms with Crippen molar-refractivity contribution in [2.24, 2.45) is 0 Å². The van der Waals surface area contributed by atoms with Gasteiger partial charge in [0.1, 0.15) is 17.3 Å². The van der Waals surface area contributed by atoms with Crippen molar-refractivity contribution in [2.45, 2.75) is 13.0 Å². The predicted octanol–water partition coefficient (Wildman–Crippen LogP) is 1.28. The molecule has 0 aliphatic carbocycles. The Morgan fingerprint density at radius 2 is 2.05 bits per heavy atom.